The van der Waals surface area contributed by atoms with Gasteiger partial charge in [-0.15, -0.1) is 0 Å². The molecule has 0 bridgehead atoms. The van der Waals surface area contributed by atoms with E-state index in [1.807, 2.05) is 12.1 Å². The zero-order valence-corrected chi connectivity index (χ0v) is 31.5. The standard InChI is InChI=1S/C43H52N4O6/c1-29-25-44(20-12-21-46-37-17-10-8-15-35(37)36-16-9-11-18-38(36)46)26-30(2)47(29)43(49)41-34-14-7-6-13-31(34)19-22-45(41)27-32(48)28-53-33-23-39(50-3)42(52-5)40(24-33)51-4/h6-11,13-18,23-24,29-30,32,41,48H,12,19-22,25-28H2,1-5H3/t29-,30+,32-,41?/m0/s1. The third-order valence-corrected chi connectivity index (χ3v) is 10.9. The molecule has 0 aliphatic carbocycles. The number of ether oxygens (including phenoxy) is 4. The molecule has 0 spiro atoms. The van der Waals surface area contributed by atoms with E-state index in [4.69, 9.17) is 18.9 Å². The molecule has 10 heteroatoms. The molecule has 53 heavy (non-hydrogen) atoms. The highest BCUT2D eigenvalue weighted by Crippen LogP contribution is 2.41. The van der Waals surface area contributed by atoms with Crippen molar-refractivity contribution < 1.29 is 28.8 Å². The third kappa shape index (κ3) is 7.40. The van der Waals surface area contributed by atoms with Gasteiger partial charge in [-0.05, 0) is 49.9 Å². The molecule has 10 nitrogen and oxygen atoms in total. The van der Waals surface area contributed by atoms with Gasteiger partial charge < -0.3 is 33.5 Å². The summed E-state index contributed by atoms with van der Waals surface area (Å²) in [4.78, 5) is 21.5. The van der Waals surface area contributed by atoms with E-state index in [2.05, 4.69) is 93.8 Å². The predicted molar refractivity (Wildman–Crippen MR) is 208 cm³/mol. The van der Waals surface area contributed by atoms with Crippen LogP contribution in [0.5, 0.6) is 23.0 Å². The van der Waals surface area contributed by atoms with Gasteiger partial charge in [0.1, 0.15) is 24.5 Å². The monoisotopic (exact) mass is 720 g/mol. The van der Waals surface area contributed by atoms with E-state index in [0.29, 0.717) is 36.1 Å². The summed E-state index contributed by atoms with van der Waals surface area (Å²) in [5, 5.41) is 13.9. The fourth-order valence-corrected chi connectivity index (χ4v) is 8.65. The summed E-state index contributed by atoms with van der Waals surface area (Å²) in [6.07, 6.45) is 0.997. The normalized spacial score (nSPS) is 20.0. The average Bonchev–Trinajstić information content (AvgIpc) is 3.49. The molecule has 2 aliphatic heterocycles. The van der Waals surface area contributed by atoms with Crippen LogP contribution in [-0.2, 0) is 17.8 Å². The summed E-state index contributed by atoms with van der Waals surface area (Å²) in [6.45, 7) is 8.90. The molecule has 1 N–H and O–H groups in total. The maximum atomic E-state index is 14.7. The minimum absolute atomic E-state index is 0.0395. The smallest absolute Gasteiger partial charge is 0.245 e. The number of β-amino-alcohol motifs (C(OH)–C–C–N with tert-alkyl or cyclic N) is 1. The number of carbonyl (C=O) groups is 1. The Hall–Kier alpha value is -4.77. The largest absolute Gasteiger partial charge is 0.493 e. The molecule has 1 amide bonds. The van der Waals surface area contributed by atoms with Gasteiger partial charge in [-0.1, -0.05) is 60.7 Å². The highest BCUT2D eigenvalue weighted by Gasteiger charge is 2.41. The van der Waals surface area contributed by atoms with Crippen molar-refractivity contribution in [3.63, 3.8) is 0 Å². The number of hydrogen-bond acceptors (Lipinski definition) is 8. The Morgan fingerprint density at radius 2 is 1.42 bits per heavy atom. The van der Waals surface area contributed by atoms with Crippen molar-refractivity contribution in [1.29, 1.82) is 0 Å². The molecule has 4 aromatic carbocycles. The molecular weight excluding hydrogens is 668 g/mol. The summed E-state index contributed by atoms with van der Waals surface area (Å²) >= 11 is 0. The van der Waals surface area contributed by atoms with Crippen molar-refractivity contribution in [2.24, 2.45) is 0 Å². The minimum Gasteiger partial charge on any atom is -0.493 e. The fourth-order valence-electron chi connectivity index (χ4n) is 8.65. The van der Waals surface area contributed by atoms with E-state index < -0.39 is 12.1 Å². The van der Waals surface area contributed by atoms with Gasteiger partial charge in [0, 0.05) is 85.3 Å². The van der Waals surface area contributed by atoms with Crippen LogP contribution < -0.4 is 18.9 Å². The van der Waals surface area contributed by atoms with Crippen LogP contribution in [0.2, 0.25) is 0 Å². The number of rotatable bonds is 13. The van der Waals surface area contributed by atoms with E-state index >= 15 is 0 Å². The summed E-state index contributed by atoms with van der Waals surface area (Å²) in [6, 6.07) is 28.6. The van der Waals surface area contributed by atoms with Crippen molar-refractivity contribution in [2.45, 2.75) is 57.5 Å². The van der Waals surface area contributed by atoms with Gasteiger partial charge in [0.05, 0.1) is 21.3 Å². The quantitative estimate of drug-likeness (QED) is 0.155. The van der Waals surface area contributed by atoms with Gasteiger partial charge in [0.15, 0.2) is 11.5 Å². The number of piperazine rings is 1. The Kier molecular flexibility index (Phi) is 11.1. The summed E-state index contributed by atoms with van der Waals surface area (Å²) < 4.78 is 24.8. The molecule has 280 valence electrons. The molecular formula is C43H52N4O6. The van der Waals surface area contributed by atoms with E-state index in [1.54, 1.807) is 33.5 Å². The number of fused-ring (bicyclic) bond motifs is 4. The molecule has 1 aromatic heterocycles. The number of amides is 1. The first kappa shape index (κ1) is 36.6. The molecule has 3 heterocycles. The Balaban J connectivity index is 1.01. The molecule has 4 atom stereocenters. The summed E-state index contributed by atoms with van der Waals surface area (Å²) in [7, 11) is 4.66. The number of aliphatic hydroxyl groups is 1. The zero-order chi connectivity index (χ0) is 37.1. The molecule has 1 saturated heterocycles. The van der Waals surface area contributed by atoms with Gasteiger partial charge in [0.25, 0.3) is 0 Å². The van der Waals surface area contributed by atoms with Gasteiger partial charge >= 0.3 is 0 Å². The van der Waals surface area contributed by atoms with Gasteiger partial charge in [-0.25, -0.2) is 0 Å². The Morgan fingerprint density at radius 3 is 2.04 bits per heavy atom. The van der Waals surface area contributed by atoms with Gasteiger partial charge in [-0.3, -0.25) is 14.6 Å². The van der Waals surface area contributed by atoms with E-state index in [-0.39, 0.29) is 24.6 Å². The Bertz CT molecular complexity index is 1960. The van der Waals surface area contributed by atoms with E-state index in [9.17, 15) is 9.90 Å². The van der Waals surface area contributed by atoms with Crippen molar-refractivity contribution in [1.82, 2.24) is 19.3 Å². The third-order valence-electron chi connectivity index (χ3n) is 10.9. The predicted octanol–water partition coefficient (Wildman–Crippen LogP) is 6.17. The lowest BCUT2D eigenvalue weighted by Crippen LogP contribution is -2.61. The summed E-state index contributed by atoms with van der Waals surface area (Å²) in [5.41, 5.74) is 4.77. The lowest BCUT2D eigenvalue weighted by molar-refractivity contribution is -0.146. The van der Waals surface area contributed by atoms with E-state index in [0.717, 1.165) is 44.6 Å². The van der Waals surface area contributed by atoms with Crippen LogP contribution in [0.3, 0.4) is 0 Å². The molecule has 2 aliphatic rings. The van der Waals surface area contributed by atoms with Crippen LogP contribution in [0.15, 0.2) is 84.9 Å². The first-order chi connectivity index (χ1) is 25.8. The first-order valence-corrected chi connectivity index (χ1v) is 18.7. The second-order valence-electron chi connectivity index (χ2n) is 14.4. The number of para-hydroxylation sites is 2. The minimum atomic E-state index is -0.837. The van der Waals surface area contributed by atoms with Crippen molar-refractivity contribution in [3.8, 4) is 23.0 Å². The second-order valence-corrected chi connectivity index (χ2v) is 14.4. The fraction of sp³-hybridized carbons (Fsp3) is 0.419. The molecule has 1 unspecified atom stereocenters. The number of nitrogens with zero attached hydrogens (tertiary/aromatic N) is 4. The van der Waals surface area contributed by atoms with Crippen LogP contribution in [0, 0.1) is 0 Å². The SMILES string of the molecule is COc1cc(OC[C@@H](O)CN2CCc3ccccc3C2C(=O)N2[C@H](C)CN(CCCn3c4ccccc4c4ccccc43)C[C@@H]2C)cc(OC)c1OC. The Labute approximate surface area is 312 Å². The molecule has 1 fully saturated rings. The van der Waals surface area contributed by atoms with E-state index in [1.165, 1.54) is 27.4 Å². The highest BCUT2D eigenvalue weighted by atomic mass is 16.5. The molecule has 7 rings (SSSR count). The van der Waals surface area contributed by atoms with Crippen LogP contribution in [-0.4, -0.2) is 109 Å². The average molecular weight is 721 g/mol. The molecule has 0 radical (unpaired) electrons. The second kappa shape index (κ2) is 16.1. The topological polar surface area (TPSA) is 88.9 Å². The number of hydrogen-bond donors (Lipinski definition) is 1. The number of aryl methyl sites for hydroxylation is 1. The van der Waals surface area contributed by atoms with Crippen LogP contribution in [0.4, 0.5) is 0 Å². The maximum absolute atomic E-state index is 14.7. The van der Waals surface area contributed by atoms with Gasteiger partial charge in [-0.2, -0.15) is 0 Å². The lowest BCUT2D eigenvalue weighted by Gasteiger charge is -2.48. The number of aromatic nitrogens is 1. The van der Waals surface area contributed by atoms with Crippen LogP contribution in [0.1, 0.15) is 37.4 Å². The summed E-state index contributed by atoms with van der Waals surface area (Å²) in [5.74, 6) is 2.01. The lowest BCUT2D eigenvalue weighted by atomic mass is 9.90. The Morgan fingerprint density at radius 1 is 0.811 bits per heavy atom. The van der Waals surface area contributed by atoms with Crippen LogP contribution >= 0.6 is 0 Å². The molecule has 0 saturated carbocycles. The maximum Gasteiger partial charge on any atom is 0.245 e. The number of carbonyl (C=O) groups excluding carboxylic acids is 1. The number of methoxy groups -OCH3 is 3. The highest BCUT2D eigenvalue weighted by molar-refractivity contribution is 6.07. The zero-order valence-electron chi connectivity index (χ0n) is 31.5. The molecule has 5 aromatic rings. The number of benzene rings is 4. The van der Waals surface area contributed by atoms with Gasteiger partial charge in [0.2, 0.25) is 11.7 Å². The van der Waals surface area contributed by atoms with Crippen molar-refractivity contribution in [2.75, 3.05) is 60.7 Å². The van der Waals surface area contributed by atoms with Crippen LogP contribution in [0.25, 0.3) is 21.8 Å². The first-order valence-electron chi connectivity index (χ1n) is 18.7. The number of aliphatic hydroxyl groups excluding tert-OH is 1. The van der Waals surface area contributed by atoms with Crippen molar-refractivity contribution in [3.05, 3.63) is 96.1 Å². The van der Waals surface area contributed by atoms with Crippen molar-refractivity contribution >= 4 is 27.7 Å².